The Morgan fingerprint density at radius 2 is 2.24 bits per heavy atom. The number of ether oxygens (including phenoxy) is 1. The number of benzene rings is 1. The Kier molecular flexibility index (Phi) is 5.71. The van der Waals surface area contributed by atoms with Gasteiger partial charge in [0.25, 0.3) is 0 Å². The van der Waals surface area contributed by atoms with Crippen LogP contribution in [0.3, 0.4) is 0 Å². The van der Waals surface area contributed by atoms with Crippen LogP contribution in [0.1, 0.15) is 31.4 Å². The minimum absolute atomic E-state index is 0.0470. The molecule has 2 atom stereocenters. The Labute approximate surface area is 148 Å². The molecule has 1 aromatic heterocycles. The lowest BCUT2D eigenvalue weighted by molar-refractivity contribution is -0.123. The summed E-state index contributed by atoms with van der Waals surface area (Å²) in [6.45, 7) is 4.21. The van der Waals surface area contributed by atoms with Crippen molar-refractivity contribution in [2.24, 2.45) is 0 Å². The summed E-state index contributed by atoms with van der Waals surface area (Å²) in [6.07, 6.45) is 6.00. The summed E-state index contributed by atoms with van der Waals surface area (Å²) < 4.78 is 7.33. The van der Waals surface area contributed by atoms with Gasteiger partial charge in [0.2, 0.25) is 5.91 Å². The molecular formula is C19H26N4O2. The molecule has 6 heteroatoms. The number of likely N-dealkylation sites (tertiary alicyclic amines) is 1. The molecule has 6 nitrogen and oxygen atoms in total. The maximum Gasteiger partial charge on any atom is 0.234 e. The number of rotatable bonds is 7. The molecule has 1 aliphatic rings. The number of hydrogen-bond acceptors (Lipinski definition) is 4. The van der Waals surface area contributed by atoms with Crippen LogP contribution in [0.25, 0.3) is 0 Å². The second-order valence-corrected chi connectivity index (χ2v) is 6.53. The van der Waals surface area contributed by atoms with Crippen molar-refractivity contribution in [3.8, 4) is 5.75 Å². The first kappa shape index (κ1) is 17.5. The average Bonchev–Trinajstić information content (AvgIpc) is 3.27. The third kappa shape index (κ3) is 4.39. The van der Waals surface area contributed by atoms with Gasteiger partial charge in [0.05, 0.1) is 26.2 Å². The predicted molar refractivity (Wildman–Crippen MR) is 96.4 cm³/mol. The fourth-order valence-corrected chi connectivity index (χ4v) is 3.51. The Morgan fingerprint density at radius 1 is 1.40 bits per heavy atom. The first-order chi connectivity index (χ1) is 12.2. The van der Waals surface area contributed by atoms with Gasteiger partial charge in [0, 0.05) is 24.0 Å². The number of carbonyl (C=O) groups excluding carboxylic acids is 1. The first-order valence-corrected chi connectivity index (χ1v) is 8.81. The van der Waals surface area contributed by atoms with Crippen LogP contribution in [0.15, 0.2) is 42.7 Å². The van der Waals surface area contributed by atoms with Gasteiger partial charge in [0.1, 0.15) is 5.75 Å². The Bertz CT molecular complexity index is 686. The van der Waals surface area contributed by atoms with E-state index in [2.05, 4.69) is 15.3 Å². The molecule has 1 aromatic carbocycles. The lowest BCUT2D eigenvalue weighted by Crippen LogP contribution is -2.42. The van der Waals surface area contributed by atoms with Crippen molar-refractivity contribution in [1.82, 2.24) is 20.0 Å². The molecule has 0 bridgehead atoms. The fraction of sp³-hybridized carbons (Fsp3) is 0.474. The fourth-order valence-electron chi connectivity index (χ4n) is 3.51. The van der Waals surface area contributed by atoms with E-state index in [4.69, 9.17) is 4.74 Å². The van der Waals surface area contributed by atoms with Gasteiger partial charge in [-0.2, -0.15) is 5.10 Å². The van der Waals surface area contributed by atoms with E-state index < -0.39 is 0 Å². The number of methoxy groups -OCH3 is 1. The molecular weight excluding hydrogens is 316 g/mol. The van der Waals surface area contributed by atoms with Crippen LogP contribution in [0.4, 0.5) is 0 Å². The first-order valence-electron chi connectivity index (χ1n) is 8.81. The van der Waals surface area contributed by atoms with Crippen LogP contribution in [-0.4, -0.2) is 46.8 Å². The molecule has 2 heterocycles. The number of aromatic nitrogens is 2. The predicted octanol–water partition coefficient (Wildman–Crippen LogP) is 2.23. The summed E-state index contributed by atoms with van der Waals surface area (Å²) >= 11 is 0. The zero-order chi connectivity index (χ0) is 17.6. The highest BCUT2D eigenvalue weighted by molar-refractivity contribution is 5.78. The number of carbonyl (C=O) groups is 1. The highest BCUT2D eigenvalue weighted by Gasteiger charge is 2.27. The zero-order valence-electron chi connectivity index (χ0n) is 14.9. The Morgan fingerprint density at radius 3 is 3.00 bits per heavy atom. The second-order valence-electron chi connectivity index (χ2n) is 6.53. The van der Waals surface area contributed by atoms with Crippen LogP contribution in [0, 0.1) is 0 Å². The highest BCUT2D eigenvalue weighted by Crippen LogP contribution is 2.24. The van der Waals surface area contributed by atoms with E-state index in [9.17, 15) is 4.79 Å². The molecule has 1 N–H and O–H groups in total. The zero-order valence-corrected chi connectivity index (χ0v) is 14.9. The number of para-hydroxylation sites is 1. The standard InChI is InChI=1S/C19H26N4O2/c1-15(17-8-3-4-9-18(17)25-2)21-19(24)14-22-11-5-7-16(22)13-23-12-6-10-20-23/h3-4,6,8-10,12,15-16H,5,7,11,13-14H2,1-2H3,(H,21,24)/t15-,16+/m1/s1. The molecule has 134 valence electrons. The summed E-state index contributed by atoms with van der Waals surface area (Å²) in [4.78, 5) is 14.8. The van der Waals surface area contributed by atoms with Crippen molar-refractivity contribution in [2.45, 2.75) is 38.4 Å². The van der Waals surface area contributed by atoms with Crippen molar-refractivity contribution >= 4 is 5.91 Å². The number of hydrogen-bond donors (Lipinski definition) is 1. The maximum absolute atomic E-state index is 12.5. The van der Waals surface area contributed by atoms with E-state index in [0.717, 1.165) is 37.2 Å². The van der Waals surface area contributed by atoms with Crippen molar-refractivity contribution in [3.63, 3.8) is 0 Å². The molecule has 1 fully saturated rings. The van der Waals surface area contributed by atoms with Gasteiger partial charge in [-0.15, -0.1) is 0 Å². The van der Waals surface area contributed by atoms with Crippen molar-refractivity contribution in [3.05, 3.63) is 48.3 Å². The number of nitrogens with zero attached hydrogens (tertiary/aromatic N) is 3. The van der Waals surface area contributed by atoms with Gasteiger partial charge in [-0.25, -0.2) is 0 Å². The average molecular weight is 342 g/mol. The summed E-state index contributed by atoms with van der Waals surface area (Å²) in [6, 6.07) is 10.0. The molecule has 1 aliphatic heterocycles. The van der Waals surface area contributed by atoms with Gasteiger partial charge >= 0.3 is 0 Å². The van der Waals surface area contributed by atoms with Crippen LogP contribution in [0.2, 0.25) is 0 Å². The second kappa shape index (κ2) is 8.16. The van der Waals surface area contributed by atoms with E-state index in [0.29, 0.717) is 12.6 Å². The van der Waals surface area contributed by atoms with Crippen LogP contribution < -0.4 is 10.1 Å². The molecule has 0 unspecified atom stereocenters. The SMILES string of the molecule is COc1ccccc1[C@@H](C)NC(=O)CN1CCC[C@H]1Cn1cccn1. The van der Waals surface area contributed by atoms with Crippen LogP contribution in [-0.2, 0) is 11.3 Å². The third-order valence-corrected chi connectivity index (χ3v) is 4.79. The number of amides is 1. The summed E-state index contributed by atoms with van der Waals surface area (Å²) in [5, 5.41) is 7.37. The van der Waals surface area contributed by atoms with Crippen molar-refractivity contribution < 1.29 is 9.53 Å². The molecule has 0 spiro atoms. The van der Waals surface area contributed by atoms with Crippen LogP contribution >= 0.6 is 0 Å². The topological polar surface area (TPSA) is 59.4 Å². The van der Waals surface area contributed by atoms with Crippen molar-refractivity contribution in [1.29, 1.82) is 0 Å². The van der Waals surface area contributed by atoms with E-state index >= 15 is 0 Å². The summed E-state index contributed by atoms with van der Waals surface area (Å²) in [5.74, 6) is 0.846. The largest absolute Gasteiger partial charge is 0.496 e. The third-order valence-electron chi connectivity index (χ3n) is 4.79. The highest BCUT2D eigenvalue weighted by atomic mass is 16.5. The summed E-state index contributed by atoms with van der Waals surface area (Å²) in [5.41, 5.74) is 0.993. The smallest absolute Gasteiger partial charge is 0.234 e. The molecule has 3 rings (SSSR count). The van der Waals surface area contributed by atoms with Gasteiger partial charge in [-0.1, -0.05) is 18.2 Å². The van der Waals surface area contributed by atoms with E-state index in [-0.39, 0.29) is 11.9 Å². The Balaban J connectivity index is 1.56. The Hall–Kier alpha value is -2.34. The van der Waals surface area contributed by atoms with Gasteiger partial charge in [0.15, 0.2) is 0 Å². The normalized spacial score (nSPS) is 18.9. The molecule has 2 aromatic rings. The van der Waals surface area contributed by atoms with Gasteiger partial charge in [-0.05, 0) is 38.4 Å². The number of nitrogens with one attached hydrogen (secondary N) is 1. The van der Waals surface area contributed by atoms with Crippen molar-refractivity contribution in [2.75, 3.05) is 20.2 Å². The lowest BCUT2D eigenvalue weighted by atomic mass is 10.1. The summed E-state index contributed by atoms with van der Waals surface area (Å²) in [7, 11) is 1.65. The van der Waals surface area contributed by atoms with E-state index in [1.54, 1.807) is 13.3 Å². The molecule has 25 heavy (non-hydrogen) atoms. The molecule has 0 aliphatic carbocycles. The minimum atomic E-state index is -0.0872. The quantitative estimate of drug-likeness (QED) is 0.838. The monoisotopic (exact) mass is 342 g/mol. The lowest BCUT2D eigenvalue weighted by Gasteiger charge is -2.25. The maximum atomic E-state index is 12.5. The van der Waals surface area contributed by atoms with Gasteiger partial charge in [-0.3, -0.25) is 14.4 Å². The molecule has 0 radical (unpaired) electrons. The molecule has 1 amide bonds. The van der Waals surface area contributed by atoms with Crippen LogP contribution in [0.5, 0.6) is 5.75 Å². The molecule has 0 saturated carbocycles. The molecule has 1 saturated heterocycles. The van der Waals surface area contributed by atoms with Gasteiger partial charge < -0.3 is 10.1 Å². The minimum Gasteiger partial charge on any atom is -0.496 e. The van der Waals surface area contributed by atoms with E-state index in [1.165, 1.54) is 0 Å². The van der Waals surface area contributed by atoms with E-state index in [1.807, 2.05) is 48.1 Å².